The van der Waals surface area contributed by atoms with Gasteiger partial charge in [-0.05, 0) is 18.2 Å². The van der Waals surface area contributed by atoms with Gasteiger partial charge in [0.05, 0.1) is 17.6 Å². The number of hydrogen-bond donors (Lipinski definition) is 1. The van der Waals surface area contributed by atoms with Crippen LogP contribution in [0.15, 0.2) is 77.9 Å². The average molecular weight is 424 g/mol. The molecule has 0 spiro atoms. The molecule has 0 unspecified atom stereocenters. The molecular weight excluding hydrogens is 406 g/mol. The van der Waals surface area contributed by atoms with Crippen molar-refractivity contribution < 1.29 is 14.5 Å². The summed E-state index contributed by atoms with van der Waals surface area (Å²) in [5.41, 5.74) is 4.12. The summed E-state index contributed by atoms with van der Waals surface area (Å²) in [5.74, 6) is 0.115. The fraction of sp³-hybridized carbons (Fsp3) is 0.0909. The SMILES string of the molecule is O=C(Cc1ccccc1[N+](=O)[O-])N/N=C/c1ccccc1OCc1ccccc1Cl. The van der Waals surface area contributed by atoms with E-state index in [0.29, 0.717) is 21.9 Å². The van der Waals surface area contributed by atoms with Crippen LogP contribution in [-0.2, 0) is 17.8 Å². The Kier molecular flexibility index (Phi) is 7.13. The molecule has 0 bridgehead atoms. The van der Waals surface area contributed by atoms with Crippen molar-refractivity contribution in [3.63, 3.8) is 0 Å². The highest BCUT2D eigenvalue weighted by Gasteiger charge is 2.15. The quantitative estimate of drug-likeness (QED) is 0.327. The first kappa shape index (κ1) is 21.0. The first-order valence-electron chi connectivity index (χ1n) is 9.04. The van der Waals surface area contributed by atoms with E-state index in [4.69, 9.17) is 16.3 Å². The zero-order valence-corrected chi connectivity index (χ0v) is 16.6. The number of nitro groups is 1. The van der Waals surface area contributed by atoms with Gasteiger partial charge >= 0.3 is 0 Å². The lowest BCUT2D eigenvalue weighted by Gasteiger charge is -2.10. The molecule has 0 radical (unpaired) electrons. The summed E-state index contributed by atoms with van der Waals surface area (Å²) in [5, 5.41) is 15.6. The number of carbonyl (C=O) groups excluding carboxylic acids is 1. The molecule has 30 heavy (non-hydrogen) atoms. The van der Waals surface area contributed by atoms with E-state index >= 15 is 0 Å². The minimum absolute atomic E-state index is 0.102. The van der Waals surface area contributed by atoms with Crippen molar-refractivity contribution in [1.82, 2.24) is 5.43 Å². The zero-order valence-electron chi connectivity index (χ0n) is 15.8. The number of hydrazone groups is 1. The van der Waals surface area contributed by atoms with E-state index in [1.165, 1.54) is 12.3 Å². The maximum Gasteiger partial charge on any atom is 0.273 e. The lowest BCUT2D eigenvalue weighted by atomic mass is 10.1. The second kappa shape index (κ2) is 10.2. The van der Waals surface area contributed by atoms with Crippen molar-refractivity contribution in [3.05, 3.63) is 105 Å². The molecule has 0 aliphatic carbocycles. The number of halogens is 1. The molecule has 0 saturated heterocycles. The Balaban J connectivity index is 1.62. The maximum atomic E-state index is 12.1. The summed E-state index contributed by atoms with van der Waals surface area (Å²) >= 11 is 6.15. The Bertz CT molecular complexity index is 1090. The largest absolute Gasteiger partial charge is 0.488 e. The topological polar surface area (TPSA) is 93.8 Å². The molecule has 0 aliphatic heterocycles. The van der Waals surface area contributed by atoms with Gasteiger partial charge in [0, 0.05) is 27.8 Å². The number of nitrogens with zero attached hydrogens (tertiary/aromatic N) is 2. The van der Waals surface area contributed by atoms with E-state index in [1.54, 1.807) is 36.4 Å². The summed E-state index contributed by atoms with van der Waals surface area (Å²) in [6.07, 6.45) is 1.30. The van der Waals surface area contributed by atoms with Gasteiger partial charge in [-0.2, -0.15) is 5.10 Å². The summed E-state index contributed by atoms with van der Waals surface area (Å²) in [7, 11) is 0. The molecule has 1 N–H and O–H groups in total. The molecule has 0 fully saturated rings. The van der Waals surface area contributed by atoms with Crippen molar-refractivity contribution >= 4 is 29.4 Å². The third-order valence-corrected chi connectivity index (χ3v) is 4.56. The van der Waals surface area contributed by atoms with Gasteiger partial charge in [0.15, 0.2) is 0 Å². The summed E-state index contributed by atoms with van der Waals surface area (Å²) < 4.78 is 5.84. The molecule has 0 saturated carbocycles. The fourth-order valence-corrected chi connectivity index (χ4v) is 2.90. The summed E-state index contributed by atoms with van der Waals surface area (Å²) in [6.45, 7) is 0.286. The molecule has 3 aromatic carbocycles. The average Bonchev–Trinajstić information content (AvgIpc) is 2.74. The summed E-state index contributed by atoms with van der Waals surface area (Å²) in [4.78, 5) is 22.6. The molecule has 0 aromatic heterocycles. The van der Waals surface area contributed by atoms with Crippen LogP contribution in [0.25, 0.3) is 0 Å². The van der Waals surface area contributed by atoms with E-state index in [0.717, 1.165) is 5.56 Å². The Labute approximate surface area is 178 Å². The highest BCUT2D eigenvalue weighted by Crippen LogP contribution is 2.21. The van der Waals surface area contributed by atoms with Crippen LogP contribution < -0.4 is 10.2 Å². The highest BCUT2D eigenvalue weighted by atomic mass is 35.5. The van der Waals surface area contributed by atoms with Crippen LogP contribution in [-0.4, -0.2) is 17.0 Å². The molecule has 1 amide bonds. The van der Waals surface area contributed by atoms with Gasteiger partial charge in [-0.15, -0.1) is 0 Å². The van der Waals surface area contributed by atoms with Gasteiger partial charge in [-0.1, -0.05) is 60.1 Å². The Morgan fingerprint density at radius 1 is 1.03 bits per heavy atom. The summed E-state index contributed by atoms with van der Waals surface area (Å²) in [6, 6.07) is 20.7. The normalized spacial score (nSPS) is 10.7. The zero-order chi connectivity index (χ0) is 21.3. The Morgan fingerprint density at radius 2 is 1.70 bits per heavy atom. The van der Waals surface area contributed by atoms with Crippen LogP contribution in [0, 0.1) is 10.1 Å². The molecule has 3 aromatic rings. The molecule has 8 heteroatoms. The number of carbonyl (C=O) groups is 1. The van der Waals surface area contributed by atoms with Gasteiger partial charge in [0.25, 0.3) is 5.69 Å². The van der Waals surface area contributed by atoms with Gasteiger partial charge < -0.3 is 4.74 Å². The first-order chi connectivity index (χ1) is 14.5. The predicted molar refractivity (Wildman–Crippen MR) is 115 cm³/mol. The lowest BCUT2D eigenvalue weighted by Crippen LogP contribution is -2.20. The molecule has 0 atom stereocenters. The molecule has 0 aliphatic rings. The third kappa shape index (κ3) is 5.65. The van der Waals surface area contributed by atoms with Crippen LogP contribution in [0.2, 0.25) is 5.02 Å². The molecular formula is C22H18ClN3O4. The first-order valence-corrected chi connectivity index (χ1v) is 9.42. The maximum absolute atomic E-state index is 12.1. The monoisotopic (exact) mass is 423 g/mol. The Hall–Kier alpha value is -3.71. The van der Waals surface area contributed by atoms with Crippen molar-refractivity contribution in [3.8, 4) is 5.75 Å². The van der Waals surface area contributed by atoms with E-state index in [1.807, 2.05) is 30.3 Å². The van der Waals surface area contributed by atoms with Crippen LogP contribution in [0.3, 0.4) is 0 Å². The van der Waals surface area contributed by atoms with Crippen molar-refractivity contribution in [2.24, 2.45) is 5.10 Å². The van der Waals surface area contributed by atoms with E-state index in [2.05, 4.69) is 10.5 Å². The minimum atomic E-state index is -0.515. The van der Waals surface area contributed by atoms with E-state index < -0.39 is 10.8 Å². The number of hydrogen-bond acceptors (Lipinski definition) is 5. The van der Waals surface area contributed by atoms with Gasteiger partial charge in [-0.25, -0.2) is 5.43 Å². The van der Waals surface area contributed by atoms with Crippen molar-refractivity contribution in [2.45, 2.75) is 13.0 Å². The van der Waals surface area contributed by atoms with Crippen LogP contribution in [0.1, 0.15) is 16.7 Å². The number of para-hydroxylation sites is 2. The highest BCUT2D eigenvalue weighted by molar-refractivity contribution is 6.31. The Morgan fingerprint density at radius 3 is 2.47 bits per heavy atom. The third-order valence-electron chi connectivity index (χ3n) is 4.19. The van der Waals surface area contributed by atoms with Gasteiger partial charge in [-0.3, -0.25) is 14.9 Å². The number of benzene rings is 3. The van der Waals surface area contributed by atoms with Gasteiger partial charge in [0.2, 0.25) is 5.91 Å². The number of amides is 1. The molecule has 152 valence electrons. The fourth-order valence-electron chi connectivity index (χ4n) is 2.71. The number of ether oxygens (including phenoxy) is 1. The van der Waals surface area contributed by atoms with Crippen LogP contribution >= 0.6 is 11.6 Å². The number of nitro benzene ring substituents is 1. The molecule has 0 heterocycles. The minimum Gasteiger partial charge on any atom is -0.488 e. The van der Waals surface area contributed by atoms with Gasteiger partial charge in [0.1, 0.15) is 12.4 Å². The number of rotatable bonds is 8. The van der Waals surface area contributed by atoms with Crippen molar-refractivity contribution in [1.29, 1.82) is 0 Å². The standard InChI is InChI=1S/C22H18ClN3O4/c23-19-10-4-1-9-18(19)15-30-21-12-6-3-8-17(21)14-24-25-22(27)13-16-7-2-5-11-20(16)26(28)29/h1-12,14H,13,15H2,(H,25,27)/b24-14+. The lowest BCUT2D eigenvalue weighted by molar-refractivity contribution is -0.385. The smallest absolute Gasteiger partial charge is 0.273 e. The molecule has 7 nitrogen and oxygen atoms in total. The number of nitrogens with one attached hydrogen (secondary N) is 1. The van der Waals surface area contributed by atoms with Crippen LogP contribution in [0.5, 0.6) is 5.75 Å². The second-order valence-electron chi connectivity index (χ2n) is 6.27. The predicted octanol–water partition coefficient (Wildman–Crippen LogP) is 4.52. The van der Waals surface area contributed by atoms with E-state index in [9.17, 15) is 14.9 Å². The second-order valence-corrected chi connectivity index (χ2v) is 6.68. The van der Waals surface area contributed by atoms with E-state index in [-0.39, 0.29) is 18.7 Å². The molecule has 3 rings (SSSR count). The van der Waals surface area contributed by atoms with Crippen LogP contribution in [0.4, 0.5) is 5.69 Å². The van der Waals surface area contributed by atoms with Crippen molar-refractivity contribution in [2.75, 3.05) is 0 Å².